The molecule has 0 unspecified atom stereocenters. The molecule has 2 N–H and O–H groups in total. The summed E-state index contributed by atoms with van der Waals surface area (Å²) in [5.41, 5.74) is 0. The Labute approximate surface area is 106 Å². The van der Waals surface area contributed by atoms with Gasteiger partial charge in [0.2, 0.25) is 0 Å². The van der Waals surface area contributed by atoms with Crippen LogP contribution in [0.4, 0.5) is 0 Å². The van der Waals surface area contributed by atoms with E-state index >= 15 is 0 Å². The van der Waals surface area contributed by atoms with Crippen LogP contribution in [-0.4, -0.2) is 10.2 Å². The van der Waals surface area contributed by atoms with Gasteiger partial charge in [-0.1, -0.05) is 36.4 Å². The van der Waals surface area contributed by atoms with E-state index < -0.39 is 0 Å². The normalized spacial score (nSPS) is 7.69. The van der Waals surface area contributed by atoms with E-state index in [1.54, 1.807) is 48.5 Å². The summed E-state index contributed by atoms with van der Waals surface area (Å²) in [6.45, 7) is 0. The van der Waals surface area contributed by atoms with Crippen LogP contribution in [0.1, 0.15) is 0 Å². The van der Waals surface area contributed by atoms with Crippen molar-refractivity contribution in [2.24, 2.45) is 0 Å². The summed E-state index contributed by atoms with van der Waals surface area (Å²) in [7, 11) is 0. The van der Waals surface area contributed by atoms with Gasteiger partial charge in [0.25, 0.3) is 0 Å². The Hall–Kier alpha value is -1.45. The molecule has 16 heavy (non-hydrogen) atoms. The SMILES string of the molecule is Oc1ccccc1.Oc1ccccc1.[O]=[Ti]. The van der Waals surface area contributed by atoms with Gasteiger partial charge in [0.05, 0.1) is 0 Å². The number of benzene rings is 2. The molecule has 0 saturated heterocycles. The van der Waals surface area contributed by atoms with Crippen molar-refractivity contribution in [3.63, 3.8) is 0 Å². The van der Waals surface area contributed by atoms with E-state index in [-0.39, 0.29) is 0 Å². The number of rotatable bonds is 0. The van der Waals surface area contributed by atoms with Gasteiger partial charge in [-0.2, -0.15) is 0 Å². The van der Waals surface area contributed by atoms with Gasteiger partial charge < -0.3 is 10.2 Å². The predicted molar refractivity (Wildman–Crippen MR) is 56.9 cm³/mol. The quantitative estimate of drug-likeness (QED) is 0.708. The monoisotopic (exact) mass is 252 g/mol. The molecule has 4 heteroatoms. The van der Waals surface area contributed by atoms with Gasteiger partial charge in [0.1, 0.15) is 11.5 Å². The number of hydrogen-bond donors (Lipinski definition) is 2. The predicted octanol–water partition coefficient (Wildman–Crippen LogP) is 2.66. The summed E-state index contributed by atoms with van der Waals surface area (Å²) in [4.78, 5) is 0. The van der Waals surface area contributed by atoms with Crippen LogP contribution in [0.3, 0.4) is 0 Å². The maximum atomic E-state index is 8.63. The van der Waals surface area contributed by atoms with Crippen molar-refractivity contribution in [3.8, 4) is 11.5 Å². The van der Waals surface area contributed by atoms with E-state index in [1.165, 1.54) is 0 Å². The number of para-hydroxylation sites is 2. The molecular formula is C12H12O3Ti. The summed E-state index contributed by atoms with van der Waals surface area (Å²) in [6, 6.07) is 17.4. The Morgan fingerprint density at radius 1 is 0.625 bits per heavy atom. The second-order valence-corrected chi connectivity index (χ2v) is 2.67. The van der Waals surface area contributed by atoms with Crippen LogP contribution >= 0.6 is 0 Å². The van der Waals surface area contributed by atoms with E-state index in [1.807, 2.05) is 12.1 Å². The molecule has 3 nitrogen and oxygen atoms in total. The van der Waals surface area contributed by atoms with Crippen LogP contribution in [0, 0.1) is 0 Å². The average Bonchev–Trinajstić information content (AvgIpc) is 2.34. The first-order valence-corrected chi connectivity index (χ1v) is 5.11. The average molecular weight is 252 g/mol. The van der Waals surface area contributed by atoms with Crippen LogP contribution in [0.5, 0.6) is 11.5 Å². The molecule has 0 bridgehead atoms. The fourth-order valence-electron chi connectivity index (χ4n) is 0.856. The molecule has 82 valence electrons. The zero-order chi connectivity index (χ0) is 12.2. The van der Waals surface area contributed by atoms with E-state index in [0.29, 0.717) is 11.5 Å². The molecule has 2 aromatic carbocycles. The summed E-state index contributed by atoms with van der Waals surface area (Å²) in [5, 5.41) is 17.3. The molecule has 0 aliphatic heterocycles. The molecule has 2 aromatic rings. The fraction of sp³-hybridized carbons (Fsp3) is 0. The molecule has 0 atom stereocenters. The third kappa shape index (κ3) is 7.91. The van der Waals surface area contributed by atoms with Gasteiger partial charge >= 0.3 is 23.7 Å². The molecule has 2 rings (SSSR count). The van der Waals surface area contributed by atoms with Crippen molar-refractivity contribution in [2.45, 2.75) is 0 Å². The first-order valence-electron chi connectivity index (χ1n) is 4.47. The molecular weight excluding hydrogens is 240 g/mol. The topological polar surface area (TPSA) is 57.5 Å². The summed E-state index contributed by atoms with van der Waals surface area (Å²) in [5.74, 6) is 0.644. The summed E-state index contributed by atoms with van der Waals surface area (Å²) in [6.07, 6.45) is 0. The molecule has 0 saturated carbocycles. The Morgan fingerprint density at radius 3 is 1.00 bits per heavy atom. The standard InChI is InChI=1S/2C6H6O.O.Ti/c2*7-6-4-2-1-3-5-6;;/h2*1-5,7H;;. The molecule has 0 aliphatic rings. The van der Waals surface area contributed by atoms with Crippen LogP contribution in [-0.2, 0) is 23.7 Å². The zero-order valence-corrected chi connectivity index (χ0v) is 10.1. The number of phenols is 2. The Kier molecular flexibility index (Phi) is 9.17. The van der Waals surface area contributed by atoms with Gasteiger partial charge in [-0.25, -0.2) is 0 Å². The van der Waals surface area contributed by atoms with Crippen LogP contribution in [0.2, 0.25) is 0 Å². The van der Waals surface area contributed by atoms with E-state index in [0.717, 1.165) is 20.4 Å². The minimum absolute atomic E-state index is 0.322. The molecule has 0 fully saturated rings. The summed E-state index contributed by atoms with van der Waals surface area (Å²) >= 11 is 0.750. The van der Waals surface area contributed by atoms with Gasteiger partial charge in [-0.15, -0.1) is 0 Å². The number of hydrogen-bond acceptors (Lipinski definition) is 3. The Balaban J connectivity index is 0.000000244. The van der Waals surface area contributed by atoms with Crippen molar-refractivity contribution in [3.05, 3.63) is 60.7 Å². The number of aromatic hydroxyl groups is 2. The van der Waals surface area contributed by atoms with E-state index in [2.05, 4.69) is 0 Å². The van der Waals surface area contributed by atoms with E-state index in [9.17, 15) is 0 Å². The second-order valence-electron chi connectivity index (χ2n) is 2.67. The molecule has 0 heterocycles. The molecule has 0 spiro atoms. The van der Waals surface area contributed by atoms with Gasteiger partial charge in [-0.05, 0) is 24.3 Å². The van der Waals surface area contributed by atoms with Crippen LogP contribution < -0.4 is 0 Å². The molecule has 0 aromatic heterocycles. The van der Waals surface area contributed by atoms with Crippen molar-refractivity contribution < 1.29 is 33.9 Å². The molecule has 0 amide bonds. The van der Waals surface area contributed by atoms with E-state index in [4.69, 9.17) is 13.5 Å². The number of phenolic OH excluding ortho intramolecular Hbond substituents is 2. The van der Waals surface area contributed by atoms with Crippen molar-refractivity contribution >= 4 is 0 Å². The minimum atomic E-state index is 0.322. The van der Waals surface area contributed by atoms with Crippen molar-refractivity contribution in [1.82, 2.24) is 0 Å². The summed E-state index contributed by atoms with van der Waals surface area (Å²) < 4.78 is 8.25. The third-order valence-electron chi connectivity index (χ3n) is 1.51. The Bertz CT molecular complexity index is 327. The van der Waals surface area contributed by atoms with Crippen molar-refractivity contribution in [1.29, 1.82) is 0 Å². The second kappa shape index (κ2) is 10.1. The molecule has 0 radical (unpaired) electrons. The van der Waals surface area contributed by atoms with Crippen LogP contribution in [0.25, 0.3) is 0 Å². The maximum absolute atomic E-state index is 8.63. The van der Waals surface area contributed by atoms with Gasteiger partial charge in [0.15, 0.2) is 0 Å². The van der Waals surface area contributed by atoms with Gasteiger partial charge in [0, 0.05) is 0 Å². The fourth-order valence-corrected chi connectivity index (χ4v) is 0.856. The van der Waals surface area contributed by atoms with Crippen molar-refractivity contribution in [2.75, 3.05) is 0 Å². The Morgan fingerprint density at radius 2 is 0.875 bits per heavy atom. The molecule has 0 aliphatic carbocycles. The third-order valence-corrected chi connectivity index (χ3v) is 1.51. The first kappa shape index (κ1) is 14.6. The van der Waals surface area contributed by atoms with Crippen LogP contribution in [0.15, 0.2) is 60.7 Å². The van der Waals surface area contributed by atoms with Gasteiger partial charge in [-0.3, -0.25) is 0 Å². The zero-order valence-electron chi connectivity index (χ0n) is 8.58. The first-order chi connectivity index (χ1) is 7.79.